The third-order valence-corrected chi connectivity index (χ3v) is 6.86. The minimum absolute atomic E-state index is 0.0929. The standard InChI is InChI=1S/C22H26Br2N2O3/c1-12-17(6-3-7-19(12)27)22(29)21(28)13-4-2-5-16(9-13)26-11-14-8-15(23)10-18(24)20(14)25/h3,6-8,10,13,16,22,26-27,29H,2,4-5,9,11,25H2,1H3/t13-,16-,22?/m1/s1. The van der Waals surface area contributed by atoms with Crippen LogP contribution >= 0.6 is 31.9 Å². The highest BCUT2D eigenvalue weighted by Crippen LogP contribution is 2.33. The fraction of sp³-hybridized carbons (Fsp3) is 0.409. The van der Waals surface area contributed by atoms with Gasteiger partial charge in [-0.2, -0.15) is 0 Å². The van der Waals surface area contributed by atoms with Crippen molar-refractivity contribution in [3.8, 4) is 5.75 Å². The molecular weight excluding hydrogens is 500 g/mol. The number of rotatable bonds is 6. The third kappa shape index (κ3) is 5.20. The fourth-order valence-electron chi connectivity index (χ4n) is 3.99. The van der Waals surface area contributed by atoms with Crippen molar-refractivity contribution < 1.29 is 15.0 Å². The molecule has 1 unspecified atom stereocenters. The van der Waals surface area contributed by atoms with Gasteiger partial charge in [0.15, 0.2) is 5.78 Å². The van der Waals surface area contributed by atoms with Crippen molar-refractivity contribution in [1.29, 1.82) is 0 Å². The molecule has 0 spiro atoms. The van der Waals surface area contributed by atoms with E-state index in [4.69, 9.17) is 5.73 Å². The van der Waals surface area contributed by atoms with Crippen molar-refractivity contribution in [3.05, 3.63) is 56.0 Å². The highest BCUT2D eigenvalue weighted by atomic mass is 79.9. The zero-order valence-electron chi connectivity index (χ0n) is 16.3. The summed E-state index contributed by atoms with van der Waals surface area (Å²) in [6.45, 7) is 2.33. The van der Waals surface area contributed by atoms with E-state index in [9.17, 15) is 15.0 Å². The van der Waals surface area contributed by atoms with E-state index in [0.29, 0.717) is 29.8 Å². The summed E-state index contributed by atoms with van der Waals surface area (Å²) in [6, 6.07) is 9.01. The number of phenols is 1. The molecule has 2 aromatic rings. The average Bonchev–Trinajstić information content (AvgIpc) is 2.70. The number of phenolic OH excluding ortho intramolecular Hbond substituents is 1. The molecule has 0 saturated heterocycles. The van der Waals surface area contributed by atoms with Crippen molar-refractivity contribution in [3.63, 3.8) is 0 Å². The Hall–Kier alpha value is -1.41. The maximum atomic E-state index is 12.9. The number of anilines is 1. The number of nitrogen functional groups attached to an aromatic ring is 1. The quantitative estimate of drug-likeness (QED) is 0.408. The Bertz CT molecular complexity index is 904. The Kier molecular flexibility index (Phi) is 7.37. The van der Waals surface area contributed by atoms with Crippen LogP contribution < -0.4 is 11.1 Å². The molecule has 1 saturated carbocycles. The molecule has 0 heterocycles. The number of halogens is 2. The summed E-state index contributed by atoms with van der Waals surface area (Å²) in [5.41, 5.74) is 8.89. The number of hydrogen-bond donors (Lipinski definition) is 4. The number of hydrogen-bond acceptors (Lipinski definition) is 5. The van der Waals surface area contributed by atoms with Gasteiger partial charge < -0.3 is 21.3 Å². The number of benzene rings is 2. The Morgan fingerprint density at radius 2 is 2.07 bits per heavy atom. The molecule has 0 aliphatic heterocycles. The first-order valence-electron chi connectivity index (χ1n) is 9.75. The minimum Gasteiger partial charge on any atom is -0.508 e. The summed E-state index contributed by atoms with van der Waals surface area (Å²) in [5.74, 6) is -0.283. The van der Waals surface area contributed by atoms with Crippen molar-refractivity contribution in [2.24, 2.45) is 5.92 Å². The maximum absolute atomic E-state index is 12.9. The largest absolute Gasteiger partial charge is 0.508 e. The molecule has 0 aromatic heterocycles. The number of Topliss-reactive ketones (excluding diaryl/α,β-unsaturated/α-hetero) is 1. The Morgan fingerprint density at radius 3 is 2.83 bits per heavy atom. The normalized spacial score (nSPS) is 20.4. The lowest BCUT2D eigenvalue weighted by atomic mass is 9.80. The summed E-state index contributed by atoms with van der Waals surface area (Å²) in [6.07, 6.45) is 2.17. The smallest absolute Gasteiger partial charge is 0.168 e. The SMILES string of the molecule is Cc1c(O)cccc1C(O)C(=O)[C@@H]1CCC[C@@H](NCc2cc(Br)cc(Br)c2N)C1. The van der Waals surface area contributed by atoms with E-state index in [0.717, 1.165) is 33.8 Å². The third-order valence-electron chi connectivity index (χ3n) is 5.75. The molecule has 2 aromatic carbocycles. The summed E-state index contributed by atoms with van der Waals surface area (Å²) in [5, 5.41) is 24.0. The van der Waals surface area contributed by atoms with Crippen LogP contribution in [0.15, 0.2) is 39.3 Å². The molecule has 156 valence electrons. The van der Waals surface area contributed by atoms with Crippen LogP contribution in [0.4, 0.5) is 5.69 Å². The first kappa shape index (κ1) is 22.3. The second-order valence-corrected chi connectivity index (χ2v) is 9.47. The molecular formula is C22H26Br2N2O3. The molecule has 3 atom stereocenters. The van der Waals surface area contributed by atoms with Crippen molar-refractivity contribution in [1.82, 2.24) is 5.32 Å². The van der Waals surface area contributed by atoms with E-state index in [1.807, 2.05) is 12.1 Å². The highest BCUT2D eigenvalue weighted by Gasteiger charge is 2.32. The number of ketones is 1. The molecule has 5 nitrogen and oxygen atoms in total. The second-order valence-electron chi connectivity index (χ2n) is 7.70. The zero-order chi connectivity index (χ0) is 21.1. The first-order valence-corrected chi connectivity index (χ1v) is 11.3. The topological polar surface area (TPSA) is 95.6 Å². The van der Waals surface area contributed by atoms with Gasteiger partial charge in [0, 0.05) is 27.4 Å². The lowest BCUT2D eigenvalue weighted by Crippen LogP contribution is -2.37. The van der Waals surface area contributed by atoms with E-state index in [1.165, 1.54) is 0 Å². The van der Waals surface area contributed by atoms with Crippen molar-refractivity contribution in [2.75, 3.05) is 5.73 Å². The van der Waals surface area contributed by atoms with Crippen LogP contribution in [0, 0.1) is 12.8 Å². The molecule has 5 N–H and O–H groups in total. The number of carbonyl (C=O) groups is 1. The predicted octanol–water partition coefficient (Wildman–Crippen LogP) is 4.76. The number of nitrogens with two attached hydrogens (primary N) is 1. The Balaban J connectivity index is 1.64. The van der Waals surface area contributed by atoms with Gasteiger partial charge in [-0.15, -0.1) is 0 Å². The van der Waals surface area contributed by atoms with E-state index in [1.54, 1.807) is 25.1 Å². The van der Waals surface area contributed by atoms with Crippen LogP contribution in [-0.4, -0.2) is 22.0 Å². The van der Waals surface area contributed by atoms with Crippen LogP contribution in [0.2, 0.25) is 0 Å². The molecule has 1 fully saturated rings. The lowest BCUT2D eigenvalue weighted by molar-refractivity contribution is -0.132. The fourth-order valence-corrected chi connectivity index (χ4v) is 5.30. The van der Waals surface area contributed by atoms with Gasteiger partial charge in [-0.25, -0.2) is 0 Å². The molecule has 0 bridgehead atoms. The predicted molar refractivity (Wildman–Crippen MR) is 122 cm³/mol. The highest BCUT2D eigenvalue weighted by molar-refractivity contribution is 9.11. The van der Waals surface area contributed by atoms with Gasteiger partial charge in [-0.1, -0.05) is 34.5 Å². The van der Waals surface area contributed by atoms with Gasteiger partial charge in [0.25, 0.3) is 0 Å². The van der Waals surface area contributed by atoms with Crippen LogP contribution in [0.1, 0.15) is 48.5 Å². The van der Waals surface area contributed by atoms with Gasteiger partial charge in [0.1, 0.15) is 11.9 Å². The molecule has 1 aliphatic carbocycles. The minimum atomic E-state index is -1.21. The van der Waals surface area contributed by atoms with Gasteiger partial charge in [0.2, 0.25) is 0 Å². The molecule has 0 radical (unpaired) electrons. The van der Waals surface area contributed by atoms with Crippen molar-refractivity contribution in [2.45, 2.75) is 51.3 Å². The van der Waals surface area contributed by atoms with Crippen LogP contribution in [-0.2, 0) is 11.3 Å². The number of aliphatic hydroxyl groups is 1. The number of carbonyl (C=O) groups excluding carboxylic acids is 1. The van der Waals surface area contributed by atoms with E-state index in [2.05, 4.69) is 37.2 Å². The number of nitrogens with one attached hydrogen (secondary N) is 1. The average molecular weight is 526 g/mol. The second kappa shape index (κ2) is 9.60. The number of aliphatic hydroxyl groups excluding tert-OH is 1. The van der Waals surface area contributed by atoms with Crippen molar-refractivity contribution >= 4 is 43.3 Å². The van der Waals surface area contributed by atoms with Crippen LogP contribution in [0.5, 0.6) is 5.75 Å². The summed E-state index contributed by atoms with van der Waals surface area (Å²) in [7, 11) is 0. The van der Waals surface area contributed by atoms with E-state index in [-0.39, 0.29) is 23.5 Å². The summed E-state index contributed by atoms with van der Waals surface area (Å²) in [4.78, 5) is 12.9. The van der Waals surface area contributed by atoms with Gasteiger partial charge in [-0.3, -0.25) is 4.79 Å². The van der Waals surface area contributed by atoms with Crippen LogP contribution in [0.25, 0.3) is 0 Å². The van der Waals surface area contributed by atoms with Gasteiger partial charge in [0.05, 0.1) is 5.69 Å². The Labute approximate surface area is 188 Å². The Morgan fingerprint density at radius 1 is 1.31 bits per heavy atom. The summed E-state index contributed by atoms with van der Waals surface area (Å²) >= 11 is 6.95. The number of aromatic hydroxyl groups is 1. The summed E-state index contributed by atoms with van der Waals surface area (Å²) < 4.78 is 1.81. The van der Waals surface area contributed by atoms with E-state index < -0.39 is 6.10 Å². The van der Waals surface area contributed by atoms with E-state index >= 15 is 0 Å². The monoisotopic (exact) mass is 524 g/mol. The molecule has 1 aliphatic rings. The van der Waals surface area contributed by atoms with Gasteiger partial charge in [-0.05, 0) is 77.0 Å². The molecule has 3 rings (SSSR count). The maximum Gasteiger partial charge on any atom is 0.168 e. The first-order chi connectivity index (χ1) is 13.8. The molecule has 7 heteroatoms. The zero-order valence-corrected chi connectivity index (χ0v) is 19.5. The van der Waals surface area contributed by atoms with Crippen LogP contribution in [0.3, 0.4) is 0 Å². The molecule has 0 amide bonds. The molecule has 29 heavy (non-hydrogen) atoms. The lowest BCUT2D eigenvalue weighted by Gasteiger charge is -2.30. The van der Waals surface area contributed by atoms with Gasteiger partial charge >= 0.3 is 0 Å².